The number of hydrogen-bond acceptors (Lipinski definition) is 3. The van der Waals surface area contributed by atoms with Crippen molar-refractivity contribution < 1.29 is 24.5 Å². The van der Waals surface area contributed by atoms with Gasteiger partial charge in [0.05, 0.1) is 7.11 Å². The maximum absolute atomic E-state index is 10.9. The number of methoxy groups -OCH3 is 1. The van der Waals surface area contributed by atoms with Crippen LogP contribution in [0.1, 0.15) is 28.0 Å². The zero-order valence-electron chi connectivity index (χ0n) is 9.03. The fourth-order valence-corrected chi connectivity index (χ4v) is 1.54. The first-order valence-electron chi connectivity index (χ1n) is 4.67. The topological polar surface area (TPSA) is 99.6 Å². The van der Waals surface area contributed by atoms with Gasteiger partial charge in [-0.1, -0.05) is 0 Å². The summed E-state index contributed by atoms with van der Waals surface area (Å²) >= 11 is 0. The molecule has 0 atom stereocenters. The van der Waals surface area contributed by atoms with Crippen LogP contribution in [-0.4, -0.2) is 34.2 Å². The molecular weight excluding hydrogens is 214 g/mol. The predicted molar refractivity (Wildman–Crippen MR) is 55.0 cm³/mol. The van der Waals surface area contributed by atoms with Crippen LogP contribution >= 0.6 is 0 Å². The number of aromatic nitrogens is 1. The van der Waals surface area contributed by atoms with Crippen molar-refractivity contribution in [2.45, 2.75) is 19.8 Å². The Morgan fingerprint density at radius 1 is 1.38 bits per heavy atom. The monoisotopic (exact) mass is 227 g/mol. The lowest BCUT2D eigenvalue weighted by molar-refractivity contribution is -0.136. The molecule has 3 N–H and O–H groups in total. The first-order valence-corrected chi connectivity index (χ1v) is 4.67. The summed E-state index contributed by atoms with van der Waals surface area (Å²) in [6.07, 6.45) is 0.0603. The molecule has 0 fully saturated rings. The van der Waals surface area contributed by atoms with Crippen LogP contribution < -0.4 is 4.74 Å². The van der Waals surface area contributed by atoms with Gasteiger partial charge in [-0.2, -0.15) is 0 Å². The van der Waals surface area contributed by atoms with Gasteiger partial charge < -0.3 is 19.9 Å². The Labute approximate surface area is 91.9 Å². The number of rotatable bonds is 5. The van der Waals surface area contributed by atoms with Crippen LogP contribution in [0, 0.1) is 6.92 Å². The van der Waals surface area contributed by atoms with Crippen LogP contribution in [0.3, 0.4) is 0 Å². The Hall–Kier alpha value is -1.98. The van der Waals surface area contributed by atoms with E-state index in [1.807, 2.05) is 0 Å². The van der Waals surface area contributed by atoms with Crippen molar-refractivity contribution in [2.75, 3.05) is 7.11 Å². The van der Waals surface area contributed by atoms with Gasteiger partial charge in [-0.25, -0.2) is 4.79 Å². The number of aromatic carboxylic acids is 1. The highest BCUT2D eigenvalue weighted by molar-refractivity contribution is 5.88. The van der Waals surface area contributed by atoms with E-state index in [0.717, 1.165) is 0 Å². The summed E-state index contributed by atoms with van der Waals surface area (Å²) in [5.41, 5.74) is 1.11. The molecule has 1 aromatic heterocycles. The molecule has 1 heterocycles. The van der Waals surface area contributed by atoms with E-state index >= 15 is 0 Å². The molecule has 0 amide bonds. The summed E-state index contributed by atoms with van der Waals surface area (Å²) in [6.45, 7) is 1.69. The van der Waals surface area contributed by atoms with Gasteiger partial charge >= 0.3 is 11.9 Å². The van der Waals surface area contributed by atoms with E-state index in [0.29, 0.717) is 17.0 Å². The molecule has 0 aliphatic rings. The largest absolute Gasteiger partial charge is 0.482 e. The molecule has 0 spiro atoms. The van der Waals surface area contributed by atoms with Crippen molar-refractivity contribution in [1.82, 2.24) is 4.98 Å². The molecule has 6 heteroatoms. The van der Waals surface area contributed by atoms with Crippen molar-refractivity contribution in [3.05, 3.63) is 16.8 Å². The van der Waals surface area contributed by atoms with E-state index in [1.54, 1.807) is 6.92 Å². The molecule has 0 bridgehead atoms. The lowest BCUT2D eigenvalue weighted by Gasteiger charge is -2.00. The standard InChI is InChI=1S/C10H13NO5/c1-5-6(3-4-7(12)13)8(10(14)15)11-9(5)16-2/h11H,3-4H2,1-2H3,(H,12,13)(H,14,15). The molecule has 0 saturated carbocycles. The highest BCUT2D eigenvalue weighted by Gasteiger charge is 2.19. The van der Waals surface area contributed by atoms with E-state index in [2.05, 4.69) is 4.98 Å². The van der Waals surface area contributed by atoms with Gasteiger partial charge in [0.15, 0.2) is 5.88 Å². The highest BCUT2D eigenvalue weighted by atomic mass is 16.5. The SMILES string of the molecule is COc1[nH]c(C(=O)O)c(CCC(=O)O)c1C. The van der Waals surface area contributed by atoms with Crippen LogP contribution in [0.2, 0.25) is 0 Å². The van der Waals surface area contributed by atoms with E-state index in [1.165, 1.54) is 7.11 Å². The number of H-pyrrole nitrogens is 1. The molecule has 0 unspecified atom stereocenters. The van der Waals surface area contributed by atoms with Crippen LogP contribution in [0.25, 0.3) is 0 Å². The highest BCUT2D eigenvalue weighted by Crippen LogP contribution is 2.25. The third-order valence-corrected chi connectivity index (χ3v) is 2.34. The molecule has 0 saturated heterocycles. The minimum absolute atomic E-state index is 0.00407. The van der Waals surface area contributed by atoms with Gasteiger partial charge in [-0.15, -0.1) is 0 Å². The number of aromatic amines is 1. The normalized spacial score (nSPS) is 10.1. The van der Waals surface area contributed by atoms with Crippen LogP contribution in [0.5, 0.6) is 5.88 Å². The summed E-state index contributed by atoms with van der Waals surface area (Å²) in [7, 11) is 1.42. The Morgan fingerprint density at radius 3 is 2.44 bits per heavy atom. The molecule has 1 rings (SSSR count). The zero-order chi connectivity index (χ0) is 12.3. The quantitative estimate of drug-likeness (QED) is 0.698. The third kappa shape index (κ3) is 2.33. The zero-order valence-corrected chi connectivity index (χ0v) is 9.03. The molecule has 0 radical (unpaired) electrons. The van der Waals surface area contributed by atoms with Crippen LogP contribution in [-0.2, 0) is 11.2 Å². The van der Waals surface area contributed by atoms with Gasteiger partial charge in [-0.05, 0) is 18.9 Å². The predicted octanol–water partition coefficient (Wildman–Crippen LogP) is 1.05. The summed E-state index contributed by atoms with van der Waals surface area (Å²) in [4.78, 5) is 24.0. The van der Waals surface area contributed by atoms with Gasteiger partial charge in [-0.3, -0.25) is 4.79 Å². The van der Waals surface area contributed by atoms with E-state index in [4.69, 9.17) is 14.9 Å². The van der Waals surface area contributed by atoms with E-state index < -0.39 is 11.9 Å². The van der Waals surface area contributed by atoms with Gasteiger partial charge in [0.25, 0.3) is 0 Å². The fourth-order valence-electron chi connectivity index (χ4n) is 1.54. The molecule has 6 nitrogen and oxygen atoms in total. The molecule has 1 aromatic rings. The molecular formula is C10H13NO5. The first kappa shape index (κ1) is 12.1. The second-order valence-electron chi connectivity index (χ2n) is 3.34. The minimum atomic E-state index is -1.12. The first-order chi connectivity index (χ1) is 7.47. The number of hydrogen-bond donors (Lipinski definition) is 3. The number of carboxylic acid groups (broad SMARTS) is 2. The average molecular weight is 227 g/mol. The van der Waals surface area contributed by atoms with Crippen LogP contribution in [0.4, 0.5) is 0 Å². The Bertz CT molecular complexity index is 421. The van der Waals surface area contributed by atoms with Gasteiger partial charge in [0.1, 0.15) is 5.69 Å². The molecule has 0 aromatic carbocycles. The van der Waals surface area contributed by atoms with Crippen molar-refractivity contribution in [3.8, 4) is 5.88 Å². The molecule has 88 valence electrons. The van der Waals surface area contributed by atoms with Gasteiger partial charge in [0, 0.05) is 12.0 Å². The second-order valence-corrected chi connectivity index (χ2v) is 3.34. The molecule has 16 heavy (non-hydrogen) atoms. The Morgan fingerprint density at radius 2 is 2.00 bits per heavy atom. The second kappa shape index (κ2) is 4.69. The Balaban J connectivity index is 3.07. The molecule has 0 aliphatic heterocycles. The number of ether oxygens (including phenoxy) is 1. The van der Waals surface area contributed by atoms with E-state index in [-0.39, 0.29) is 18.5 Å². The summed E-state index contributed by atoms with van der Waals surface area (Å²) in [5.74, 6) is -1.72. The average Bonchev–Trinajstić information content (AvgIpc) is 2.52. The lowest BCUT2D eigenvalue weighted by atomic mass is 10.1. The number of aliphatic carboxylic acids is 1. The summed E-state index contributed by atoms with van der Waals surface area (Å²) in [6, 6.07) is 0. The summed E-state index contributed by atoms with van der Waals surface area (Å²) in [5, 5.41) is 17.5. The lowest BCUT2D eigenvalue weighted by Crippen LogP contribution is -2.04. The minimum Gasteiger partial charge on any atom is -0.482 e. The van der Waals surface area contributed by atoms with Crippen LogP contribution in [0.15, 0.2) is 0 Å². The Kier molecular flexibility index (Phi) is 3.55. The number of carbonyl (C=O) groups is 2. The fraction of sp³-hybridized carbons (Fsp3) is 0.400. The smallest absolute Gasteiger partial charge is 0.352 e. The maximum Gasteiger partial charge on any atom is 0.352 e. The van der Waals surface area contributed by atoms with Gasteiger partial charge in [0.2, 0.25) is 0 Å². The third-order valence-electron chi connectivity index (χ3n) is 2.34. The number of carboxylic acids is 2. The van der Waals surface area contributed by atoms with Crippen molar-refractivity contribution >= 4 is 11.9 Å². The summed E-state index contributed by atoms with van der Waals surface area (Å²) < 4.78 is 4.96. The van der Waals surface area contributed by atoms with Crippen molar-refractivity contribution in [3.63, 3.8) is 0 Å². The van der Waals surface area contributed by atoms with Crippen molar-refractivity contribution in [2.24, 2.45) is 0 Å². The van der Waals surface area contributed by atoms with Crippen molar-refractivity contribution in [1.29, 1.82) is 0 Å². The molecule has 0 aliphatic carbocycles. The number of nitrogens with one attached hydrogen (secondary N) is 1. The maximum atomic E-state index is 10.9. The van der Waals surface area contributed by atoms with E-state index in [9.17, 15) is 9.59 Å².